The topological polar surface area (TPSA) is 112 Å². The second-order valence-corrected chi connectivity index (χ2v) is 4.40. The lowest BCUT2D eigenvalue weighted by Crippen LogP contribution is -3.00. The van der Waals surface area contributed by atoms with E-state index < -0.39 is 0 Å². The number of nitrogens with two attached hydrogens (primary N) is 2. The van der Waals surface area contributed by atoms with E-state index in [2.05, 4.69) is 10.5 Å². The number of nitrogens with zero attached hydrogens (tertiary/aromatic N) is 4. The highest BCUT2D eigenvalue weighted by Gasteiger charge is 2.25. The molecule has 2 heterocycles. The van der Waals surface area contributed by atoms with Crippen LogP contribution in [0, 0.1) is 0 Å². The van der Waals surface area contributed by atoms with Crippen LogP contribution in [0.4, 0.5) is 11.8 Å². The van der Waals surface area contributed by atoms with Gasteiger partial charge in [0.15, 0.2) is 14.1 Å². The van der Waals surface area contributed by atoms with Crippen molar-refractivity contribution in [3.63, 3.8) is 0 Å². The molecule has 4 N–H and O–H groups in total. The molecule has 0 bridgehead atoms. The van der Waals surface area contributed by atoms with Gasteiger partial charge in [-0.2, -0.15) is 0 Å². The molecule has 3 rings (SSSR count). The summed E-state index contributed by atoms with van der Waals surface area (Å²) in [7, 11) is 3.52. The van der Waals surface area contributed by atoms with Gasteiger partial charge in [0, 0.05) is 0 Å². The lowest BCUT2D eigenvalue weighted by atomic mass is 10.1. The number of hydrogen-bond donors (Lipinski definition) is 2. The first-order valence-electron chi connectivity index (χ1n) is 5.91. The van der Waals surface area contributed by atoms with Crippen molar-refractivity contribution in [2.24, 2.45) is 14.1 Å². The molecule has 0 atom stereocenters. The van der Waals surface area contributed by atoms with E-state index in [0.717, 1.165) is 11.1 Å². The molecule has 118 valence electrons. The Bertz CT molecular complexity index is 685. The van der Waals surface area contributed by atoms with Crippen LogP contribution in [0.15, 0.2) is 33.3 Å². The molecule has 10 heteroatoms. The third-order valence-electron chi connectivity index (χ3n) is 3.05. The Kier molecular flexibility index (Phi) is 5.34. The monoisotopic (exact) mass is 344 g/mol. The van der Waals surface area contributed by atoms with Crippen molar-refractivity contribution in [1.82, 2.24) is 10.5 Å². The SMILES string of the molecule is C[n+]1noc(N)c1-c1cccc(-c2c(N)on[n+]2C)c1.[Cl-].[Cl-]. The van der Waals surface area contributed by atoms with Gasteiger partial charge in [0.2, 0.25) is 10.5 Å². The lowest BCUT2D eigenvalue weighted by Gasteiger charge is -1.97. The number of aromatic nitrogens is 4. The second-order valence-electron chi connectivity index (χ2n) is 4.40. The van der Waals surface area contributed by atoms with Crippen LogP contribution in [-0.2, 0) is 14.1 Å². The summed E-state index contributed by atoms with van der Waals surface area (Å²) in [6, 6.07) is 7.64. The van der Waals surface area contributed by atoms with Crippen LogP contribution in [-0.4, -0.2) is 10.5 Å². The Hall–Kier alpha value is -2.32. The molecule has 0 amide bonds. The van der Waals surface area contributed by atoms with Gasteiger partial charge < -0.3 is 36.3 Å². The third-order valence-corrected chi connectivity index (χ3v) is 3.05. The Morgan fingerprint density at radius 3 is 1.59 bits per heavy atom. The number of rotatable bonds is 2. The fourth-order valence-corrected chi connectivity index (χ4v) is 2.17. The van der Waals surface area contributed by atoms with Gasteiger partial charge in [-0.1, -0.05) is 6.07 Å². The van der Waals surface area contributed by atoms with Crippen molar-refractivity contribution in [2.75, 3.05) is 11.5 Å². The summed E-state index contributed by atoms with van der Waals surface area (Å²) in [5.41, 5.74) is 14.7. The average Bonchev–Trinajstić information content (AvgIpc) is 2.93. The molecule has 0 radical (unpaired) electrons. The summed E-state index contributed by atoms with van der Waals surface area (Å²) in [5, 5.41) is 7.55. The highest BCUT2D eigenvalue weighted by Crippen LogP contribution is 2.28. The van der Waals surface area contributed by atoms with E-state index in [4.69, 9.17) is 20.5 Å². The minimum Gasteiger partial charge on any atom is -1.00 e. The van der Waals surface area contributed by atoms with Gasteiger partial charge in [0.1, 0.15) is 0 Å². The van der Waals surface area contributed by atoms with Gasteiger partial charge in [-0.05, 0) is 27.6 Å². The summed E-state index contributed by atoms with van der Waals surface area (Å²) >= 11 is 0. The van der Waals surface area contributed by atoms with Gasteiger partial charge in [0.25, 0.3) is 0 Å². The molecule has 0 aliphatic rings. The van der Waals surface area contributed by atoms with Gasteiger partial charge in [-0.25, -0.2) is 0 Å². The summed E-state index contributed by atoms with van der Waals surface area (Å²) in [5.74, 6) is 0.514. The molecule has 0 aliphatic heterocycles. The summed E-state index contributed by atoms with van der Waals surface area (Å²) in [4.78, 5) is 0. The zero-order valence-corrected chi connectivity index (χ0v) is 13.3. The normalized spacial score (nSPS) is 9.91. The average molecular weight is 345 g/mol. The number of hydrogen-bond acceptors (Lipinski definition) is 6. The van der Waals surface area contributed by atoms with Crippen molar-refractivity contribution in [1.29, 1.82) is 0 Å². The molecular weight excluding hydrogens is 331 g/mol. The molecule has 2 aromatic heterocycles. The maximum atomic E-state index is 5.79. The van der Waals surface area contributed by atoms with Crippen LogP contribution in [0.3, 0.4) is 0 Å². The van der Waals surface area contributed by atoms with E-state index in [-0.39, 0.29) is 36.6 Å². The third kappa shape index (κ3) is 2.83. The standard InChI is InChI=1S/C12H14N6O2.2ClH/c1-17-9(11(13)19-15-17)7-4-3-5-8(6-7)10-12(14)20-16-18(10)2;;/h3-6H,13-14H2,1-2H3;2*1H/q+2;;/p-2. The number of halogens is 2. The number of anilines is 2. The van der Waals surface area contributed by atoms with Crippen molar-refractivity contribution in [3.8, 4) is 22.5 Å². The fourth-order valence-electron chi connectivity index (χ4n) is 2.17. The Labute approximate surface area is 138 Å². The molecule has 22 heavy (non-hydrogen) atoms. The highest BCUT2D eigenvalue weighted by atomic mass is 35.5. The first kappa shape index (κ1) is 17.7. The molecule has 0 spiro atoms. The first-order chi connectivity index (χ1) is 9.58. The predicted octanol–water partition coefficient (Wildman–Crippen LogP) is -6.18. The summed E-state index contributed by atoms with van der Waals surface area (Å²) < 4.78 is 13.1. The van der Waals surface area contributed by atoms with Crippen molar-refractivity contribution in [3.05, 3.63) is 24.3 Å². The maximum absolute atomic E-state index is 5.79. The molecule has 0 fully saturated rings. The van der Waals surface area contributed by atoms with Crippen LogP contribution in [0.25, 0.3) is 22.5 Å². The Morgan fingerprint density at radius 2 is 1.27 bits per heavy atom. The van der Waals surface area contributed by atoms with E-state index in [1.165, 1.54) is 0 Å². The number of benzene rings is 1. The zero-order chi connectivity index (χ0) is 14.3. The van der Waals surface area contributed by atoms with E-state index in [9.17, 15) is 0 Å². The van der Waals surface area contributed by atoms with Gasteiger partial charge >= 0.3 is 23.2 Å². The molecule has 3 aromatic rings. The molecule has 0 aliphatic carbocycles. The van der Waals surface area contributed by atoms with Crippen LogP contribution in [0.5, 0.6) is 0 Å². The minimum atomic E-state index is 0. The number of aryl methyl sites for hydroxylation is 2. The highest BCUT2D eigenvalue weighted by molar-refractivity contribution is 5.74. The Balaban J connectivity index is 0.00000121. The quantitative estimate of drug-likeness (QED) is 0.447. The molecule has 1 aromatic carbocycles. The molecule has 0 saturated carbocycles. The molecule has 8 nitrogen and oxygen atoms in total. The van der Waals surface area contributed by atoms with Crippen LogP contribution >= 0.6 is 0 Å². The van der Waals surface area contributed by atoms with Crippen LogP contribution in [0.1, 0.15) is 0 Å². The summed E-state index contributed by atoms with van der Waals surface area (Å²) in [6.07, 6.45) is 0. The second kappa shape index (κ2) is 6.63. The largest absolute Gasteiger partial charge is 1.00 e. The van der Waals surface area contributed by atoms with E-state index in [0.29, 0.717) is 11.4 Å². The minimum absolute atomic E-state index is 0. The smallest absolute Gasteiger partial charge is 0.304 e. The van der Waals surface area contributed by atoms with Gasteiger partial charge in [-0.15, -0.1) is 0 Å². The van der Waals surface area contributed by atoms with Crippen molar-refractivity contribution >= 4 is 11.8 Å². The van der Waals surface area contributed by atoms with Crippen LogP contribution in [0.2, 0.25) is 0 Å². The molecular formula is C12H14Cl2N6O2. The first-order valence-corrected chi connectivity index (χ1v) is 5.91. The van der Waals surface area contributed by atoms with Crippen LogP contribution < -0.4 is 45.6 Å². The van der Waals surface area contributed by atoms with Crippen molar-refractivity contribution < 1.29 is 43.2 Å². The van der Waals surface area contributed by atoms with E-state index >= 15 is 0 Å². The maximum Gasteiger partial charge on any atom is 0.304 e. The van der Waals surface area contributed by atoms with Gasteiger partial charge in [0.05, 0.1) is 11.1 Å². The number of nitrogen functional groups attached to an aromatic ring is 2. The predicted molar refractivity (Wildman–Crippen MR) is 68.6 cm³/mol. The summed E-state index contributed by atoms with van der Waals surface area (Å²) in [6.45, 7) is 0. The van der Waals surface area contributed by atoms with E-state index in [1.807, 2.05) is 24.3 Å². The lowest BCUT2D eigenvalue weighted by molar-refractivity contribution is -0.730. The fraction of sp³-hybridized carbons (Fsp3) is 0.167. The Morgan fingerprint density at radius 1 is 0.864 bits per heavy atom. The van der Waals surface area contributed by atoms with Crippen molar-refractivity contribution in [2.45, 2.75) is 0 Å². The molecule has 0 unspecified atom stereocenters. The zero-order valence-electron chi connectivity index (χ0n) is 11.8. The van der Waals surface area contributed by atoms with E-state index in [1.54, 1.807) is 23.5 Å². The molecule has 0 saturated heterocycles. The van der Waals surface area contributed by atoms with Gasteiger partial charge in [-0.3, -0.25) is 9.05 Å².